The zero-order chi connectivity index (χ0) is 35.6. The number of amidine groups is 2. The SMILES string of the molecule is c1ccc(C2=NC(c3ccc4ccccc4c3)NC(c3cccc(-n4c5ccccc5c5cc6c7ccccc7n(-c7ccccc7)c6cc54)c3)=N2)cc1. The molecular formula is C49H33N5. The van der Waals surface area contributed by atoms with Crippen LogP contribution in [0.2, 0.25) is 0 Å². The van der Waals surface area contributed by atoms with E-state index in [1.54, 1.807) is 0 Å². The topological polar surface area (TPSA) is 46.6 Å². The number of nitrogens with one attached hydrogen (secondary N) is 1. The number of benzene rings is 8. The van der Waals surface area contributed by atoms with Crippen molar-refractivity contribution in [3.8, 4) is 11.4 Å². The Balaban J connectivity index is 1.10. The van der Waals surface area contributed by atoms with Crippen LogP contribution in [-0.2, 0) is 0 Å². The largest absolute Gasteiger partial charge is 0.344 e. The Morgan fingerprint density at radius 1 is 0.407 bits per heavy atom. The average molecular weight is 692 g/mol. The Kier molecular flexibility index (Phi) is 6.85. The van der Waals surface area contributed by atoms with Crippen LogP contribution in [-0.4, -0.2) is 20.8 Å². The minimum atomic E-state index is -0.303. The van der Waals surface area contributed by atoms with Crippen molar-refractivity contribution >= 4 is 66.1 Å². The lowest BCUT2D eigenvalue weighted by atomic mass is 10.0. The number of nitrogens with zero attached hydrogens (tertiary/aromatic N) is 4. The summed E-state index contributed by atoms with van der Waals surface area (Å²) in [5.41, 5.74) is 9.96. The fraction of sp³-hybridized carbons (Fsp3) is 0.0204. The minimum absolute atomic E-state index is 0.303. The van der Waals surface area contributed by atoms with Gasteiger partial charge in [0.15, 0.2) is 5.84 Å². The summed E-state index contributed by atoms with van der Waals surface area (Å²) in [6.45, 7) is 0. The van der Waals surface area contributed by atoms with Crippen molar-refractivity contribution in [2.75, 3.05) is 0 Å². The Hall–Kier alpha value is -7.24. The second kappa shape index (κ2) is 12.2. The Bertz CT molecular complexity index is 3130. The van der Waals surface area contributed by atoms with E-state index in [1.165, 1.54) is 43.4 Å². The first-order chi connectivity index (χ1) is 26.8. The standard InChI is InChI=1S/C49H33N5/c1-3-15-33(16-4-1)47-50-48(52-49(51-47)36-27-26-32-14-7-8-17-34(32)28-36)35-18-13-21-38(29-35)54-44-25-12-10-23-40(44)42-30-41-39-22-9-11-24-43(39)53(45(41)31-46(42)54)37-19-5-2-6-20-37/h1-31,49H,(H,50,51,52). The van der Waals surface area contributed by atoms with Crippen molar-refractivity contribution in [3.63, 3.8) is 0 Å². The van der Waals surface area contributed by atoms with E-state index >= 15 is 0 Å². The molecule has 0 aliphatic carbocycles. The summed E-state index contributed by atoms with van der Waals surface area (Å²) in [5, 5.41) is 11.0. The van der Waals surface area contributed by atoms with Gasteiger partial charge in [-0.25, -0.2) is 9.98 Å². The molecule has 0 spiro atoms. The summed E-state index contributed by atoms with van der Waals surface area (Å²) >= 11 is 0. The molecule has 0 radical (unpaired) electrons. The predicted molar refractivity (Wildman–Crippen MR) is 224 cm³/mol. The van der Waals surface area contributed by atoms with Crippen LogP contribution < -0.4 is 5.32 Å². The molecule has 8 aromatic carbocycles. The first-order valence-corrected chi connectivity index (χ1v) is 18.4. The molecule has 254 valence electrons. The number of fused-ring (bicyclic) bond motifs is 7. The lowest BCUT2D eigenvalue weighted by molar-refractivity contribution is 0.675. The van der Waals surface area contributed by atoms with Crippen LogP contribution in [0.5, 0.6) is 0 Å². The lowest BCUT2D eigenvalue weighted by Crippen LogP contribution is -2.33. The van der Waals surface area contributed by atoms with Crippen LogP contribution in [0.15, 0.2) is 198 Å². The molecule has 0 bridgehead atoms. The van der Waals surface area contributed by atoms with Gasteiger partial charge in [0.2, 0.25) is 0 Å². The molecule has 0 saturated heterocycles. The molecule has 1 atom stereocenters. The smallest absolute Gasteiger partial charge is 0.159 e. The van der Waals surface area contributed by atoms with Gasteiger partial charge in [-0.1, -0.05) is 133 Å². The van der Waals surface area contributed by atoms with E-state index in [9.17, 15) is 0 Å². The van der Waals surface area contributed by atoms with Gasteiger partial charge in [0.1, 0.15) is 12.0 Å². The molecule has 0 amide bonds. The normalized spacial score (nSPS) is 14.5. The van der Waals surface area contributed by atoms with Crippen LogP contribution in [0.25, 0.3) is 65.8 Å². The number of rotatable bonds is 5. The van der Waals surface area contributed by atoms with E-state index in [1.807, 2.05) is 18.2 Å². The molecule has 0 saturated carbocycles. The molecule has 3 heterocycles. The molecule has 1 aliphatic heterocycles. The van der Waals surface area contributed by atoms with Crippen molar-refractivity contribution in [3.05, 3.63) is 205 Å². The van der Waals surface area contributed by atoms with Crippen LogP contribution in [0.1, 0.15) is 22.9 Å². The van der Waals surface area contributed by atoms with Gasteiger partial charge in [0.05, 0.1) is 22.1 Å². The summed E-state index contributed by atoms with van der Waals surface area (Å²) in [5.74, 6) is 1.50. The van der Waals surface area contributed by atoms with E-state index in [2.05, 4.69) is 184 Å². The first kappa shape index (κ1) is 30.4. The molecule has 0 fully saturated rings. The van der Waals surface area contributed by atoms with Gasteiger partial charge < -0.3 is 14.5 Å². The van der Waals surface area contributed by atoms with Crippen molar-refractivity contribution in [2.45, 2.75) is 6.17 Å². The van der Waals surface area contributed by atoms with E-state index in [0.29, 0.717) is 5.84 Å². The highest BCUT2D eigenvalue weighted by Crippen LogP contribution is 2.39. The zero-order valence-electron chi connectivity index (χ0n) is 29.3. The third-order valence-electron chi connectivity index (χ3n) is 10.7. The molecule has 1 N–H and O–H groups in total. The van der Waals surface area contributed by atoms with Crippen molar-refractivity contribution in [1.82, 2.24) is 14.5 Å². The highest BCUT2D eigenvalue weighted by molar-refractivity contribution is 6.19. The third kappa shape index (κ3) is 4.86. The number of aromatic nitrogens is 2. The maximum Gasteiger partial charge on any atom is 0.159 e. The van der Waals surface area contributed by atoms with Crippen LogP contribution in [0, 0.1) is 0 Å². The molecule has 1 aliphatic rings. The molecule has 54 heavy (non-hydrogen) atoms. The minimum Gasteiger partial charge on any atom is -0.344 e. The number of aliphatic imine (C=N–C) groups is 2. The Morgan fingerprint density at radius 2 is 1.00 bits per heavy atom. The molecular weight excluding hydrogens is 659 g/mol. The molecule has 5 nitrogen and oxygen atoms in total. The third-order valence-corrected chi connectivity index (χ3v) is 10.7. The van der Waals surface area contributed by atoms with Gasteiger partial charge in [-0.15, -0.1) is 0 Å². The lowest BCUT2D eigenvalue weighted by Gasteiger charge is -2.24. The summed E-state index contributed by atoms with van der Waals surface area (Å²) in [7, 11) is 0. The first-order valence-electron chi connectivity index (χ1n) is 18.4. The fourth-order valence-electron chi connectivity index (χ4n) is 8.22. The molecule has 2 aromatic heterocycles. The van der Waals surface area contributed by atoms with Gasteiger partial charge in [-0.3, -0.25) is 0 Å². The highest BCUT2D eigenvalue weighted by Gasteiger charge is 2.23. The fourth-order valence-corrected chi connectivity index (χ4v) is 8.22. The van der Waals surface area contributed by atoms with Crippen molar-refractivity contribution < 1.29 is 0 Å². The highest BCUT2D eigenvalue weighted by atomic mass is 15.2. The van der Waals surface area contributed by atoms with E-state index in [4.69, 9.17) is 9.98 Å². The van der Waals surface area contributed by atoms with Gasteiger partial charge in [-0.2, -0.15) is 0 Å². The van der Waals surface area contributed by atoms with Gasteiger partial charge >= 0.3 is 0 Å². The summed E-state index contributed by atoms with van der Waals surface area (Å²) in [4.78, 5) is 10.3. The van der Waals surface area contributed by atoms with Crippen molar-refractivity contribution in [1.29, 1.82) is 0 Å². The predicted octanol–water partition coefficient (Wildman–Crippen LogP) is 11.5. The maximum atomic E-state index is 5.16. The Morgan fingerprint density at radius 3 is 1.74 bits per heavy atom. The van der Waals surface area contributed by atoms with E-state index in [-0.39, 0.29) is 6.17 Å². The van der Waals surface area contributed by atoms with E-state index in [0.717, 1.165) is 44.9 Å². The second-order valence-electron chi connectivity index (χ2n) is 13.9. The van der Waals surface area contributed by atoms with Gasteiger partial charge in [-0.05, 0) is 70.9 Å². The molecule has 1 unspecified atom stereocenters. The molecule has 5 heteroatoms. The second-order valence-corrected chi connectivity index (χ2v) is 13.9. The van der Waals surface area contributed by atoms with Crippen LogP contribution in [0.4, 0.5) is 0 Å². The number of para-hydroxylation sites is 3. The van der Waals surface area contributed by atoms with E-state index < -0.39 is 0 Å². The molecule has 11 rings (SSSR count). The number of hydrogen-bond acceptors (Lipinski definition) is 3. The zero-order valence-corrected chi connectivity index (χ0v) is 29.3. The Labute approximate surface area is 311 Å². The van der Waals surface area contributed by atoms with Crippen molar-refractivity contribution in [2.24, 2.45) is 9.98 Å². The summed E-state index contributed by atoms with van der Waals surface area (Å²) in [6.07, 6.45) is -0.303. The quantitative estimate of drug-likeness (QED) is 0.192. The van der Waals surface area contributed by atoms with Gasteiger partial charge in [0.25, 0.3) is 0 Å². The van der Waals surface area contributed by atoms with Crippen LogP contribution in [0.3, 0.4) is 0 Å². The van der Waals surface area contributed by atoms with Gasteiger partial charge in [0, 0.05) is 44.0 Å². The average Bonchev–Trinajstić information content (AvgIpc) is 3.75. The maximum absolute atomic E-state index is 5.16. The monoisotopic (exact) mass is 691 g/mol. The van der Waals surface area contributed by atoms with Crippen LogP contribution >= 0.6 is 0 Å². The molecule has 10 aromatic rings. The summed E-state index contributed by atoms with van der Waals surface area (Å²) in [6, 6.07) is 66.9. The number of hydrogen-bond donors (Lipinski definition) is 1. The summed E-state index contributed by atoms with van der Waals surface area (Å²) < 4.78 is 4.79.